The molecule has 2 nitrogen and oxygen atoms in total. The number of unbranched alkanes of at least 4 members (excludes halogenated alkanes) is 4. The van der Waals surface area contributed by atoms with Gasteiger partial charge < -0.3 is 9.47 Å². The Kier molecular flexibility index (Phi) is 8.11. The molecule has 0 spiro atoms. The van der Waals surface area contributed by atoms with Gasteiger partial charge >= 0.3 is 0 Å². The fourth-order valence-corrected chi connectivity index (χ4v) is 1.68. The molecule has 2 heteroatoms. The third kappa shape index (κ3) is 6.53. The molecule has 0 unspecified atom stereocenters. The highest BCUT2D eigenvalue weighted by Crippen LogP contribution is 2.19. The van der Waals surface area contributed by atoms with Gasteiger partial charge in [-0.1, -0.05) is 39.5 Å². The van der Waals surface area contributed by atoms with Crippen molar-refractivity contribution in [3.8, 4) is 11.5 Å². The largest absolute Gasteiger partial charge is 0.493 e. The molecule has 0 saturated heterocycles. The predicted octanol–water partition coefficient (Wildman–Crippen LogP) is 4.62. The summed E-state index contributed by atoms with van der Waals surface area (Å²) >= 11 is 0. The summed E-state index contributed by atoms with van der Waals surface area (Å²) in [6.07, 6.45) is 7.09. The van der Waals surface area contributed by atoms with Crippen LogP contribution in [0, 0.1) is 6.07 Å². The van der Waals surface area contributed by atoms with Crippen molar-refractivity contribution in [1.29, 1.82) is 0 Å². The first-order valence-electron chi connectivity index (χ1n) is 7.13. The van der Waals surface area contributed by atoms with E-state index in [2.05, 4.69) is 19.9 Å². The molecule has 0 aliphatic rings. The summed E-state index contributed by atoms with van der Waals surface area (Å²) in [5.41, 5.74) is 0. The van der Waals surface area contributed by atoms with E-state index in [0.717, 1.165) is 37.6 Å². The van der Waals surface area contributed by atoms with Crippen LogP contribution in [-0.2, 0) is 0 Å². The molecule has 0 fully saturated rings. The highest BCUT2D eigenvalue weighted by atomic mass is 16.5. The molecule has 1 rings (SSSR count). The zero-order valence-corrected chi connectivity index (χ0v) is 11.7. The zero-order chi connectivity index (χ0) is 13.1. The van der Waals surface area contributed by atoms with Gasteiger partial charge in [0, 0.05) is 6.07 Å². The Morgan fingerprint density at radius 1 is 0.833 bits per heavy atom. The maximum atomic E-state index is 5.66. The van der Waals surface area contributed by atoms with E-state index in [4.69, 9.17) is 9.47 Å². The topological polar surface area (TPSA) is 18.5 Å². The van der Waals surface area contributed by atoms with Crippen molar-refractivity contribution in [2.24, 2.45) is 0 Å². The van der Waals surface area contributed by atoms with E-state index in [0.29, 0.717) is 0 Å². The molecular weight excluding hydrogens is 224 g/mol. The monoisotopic (exact) mass is 249 g/mol. The molecule has 1 aromatic carbocycles. The van der Waals surface area contributed by atoms with Crippen LogP contribution in [0.15, 0.2) is 18.2 Å². The molecule has 0 aliphatic carbocycles. The normalized spacial score (nSPS) is 10.3. The molecule has 0 bridgehead atoms. The van der Waals surface area contributed by atoms with Gasteiger partial charge in [-0.15, -0.1) is 0 Å². The highest BCUT2D eigenvalue weighted by molar-refractivity contribution is 5.32. The minimum atomic E-state index is 0.779. The standard InChI is InChI=1S/C16H25O2/c1-3-5-7-12-17-15-10-9-11-16(14-15)18-13-8-6-4-2/h10-11,14H,3-8,12-13H2,1-2H3. The first-order chi connectivity index (χ1) is 8.86. The Morgan fingerprint density at radius 3 is 1.78 bits per heavy atom. The van der Waals surface area contributed by atoms with Crippen molar-refractivity contribution >= 4 is 0 Å². The molecule has 0 aromatic heterocycles. The van der Waals surface area contributed by atoms with Gasteiger partial charge in [0.1, 0.15) is 11.5 Å². The fraction of sp³-hybridized carbons (Fsp3) is 0.625. The molecule has 0 N–H and O–H groups in total. The first kappa shape index (κ1) is 14.9. The Morgan fingerprint density at radius 2 is 1.33 bits per heavy atom. The Balaban J connectivity index is 2.27. The molecule has 0 amide bonds. The lowest BCUT2D eigenvalue weighted by Gasteiger charge is -2.09. The number of ether oxygens (including phenoxy) is 2. The third-order valence-electron chi connectivity index (χ3n) is 2.77. The van der Waals surface area contributed by atoms with Gasteiger partial charge in [0.05, 0.1) is 13.2 Å². The Labute approximate surface area is 111 Å². The van der Waals surface area contributed by atoms with Crippen LogP contribution < -0.4 is 9.47 Å². The number of benzene rings is 1. The van der Waals surface area contributed by atoms with Crippen LogP contribution in [0.25, 0.3) is 0 Å². The molecule has 0 aliphatic heterocycles. The molecular formula is C16H25O2. The number of hydrogen-bond donors (Lipinski definition) is 0. The minimum absolute atomic E-state index is 0.779. The molecule has 0 saturated carbocycles. The summed E-state index contributed by atoms with van der Waals surface area (Å²) < 4.78 is 11.3. The summed E-state index contributed by atoms with van der Waals surface area (Å²) in [6, 6.07) is 8.75. The molecule has 0 heterocycles. The zero-order valence-electron chi connectivity index (χ0n) is 11.7. The average Bonchev–Trinajstić information content (AvgIpc) is 2.40. The van der Waals surface area contributed by atoms with E-state index in [1.54, 1.807) is 0 Å². The van der Waals surface area contributed by atoms with Gasteiger partial charge in [-0.2, -0.15) is 0 Å². The second-order valence-electron chi connectivity index (χ2n) is 4.52. The summed E-state index contributed by atoms with van der Waals surface area (Å²) in [6.45, 7) is 5.94. The Hall–Kier alpha value is -1.18. The lowest BCUT2D eigenvalue weighted by atomic mass is 10.2. The summed E-state index contributed by atoms with van der Waals surface area (Å²) in [4.78, 5) is 0. The van der Waals surface area contributed by atoms with Crippen LogP contribution in [0.1, 0.15) is 52.4 Å². The summed E-state index contributed by atoms with van der Waals surface area (Å²) in [7, 11) is 0. The van der Waals surface area contributed by atoms with Crippen LogP contribution in [0.4, 0.5) is 0 Å². The number of rotatable bonds is 10. The van der Waals surface area contributed by atoms with Crippen molar-refractivity contribution in [2.75, 3.05) is 13.2 Å². The van der Waals surface area contributed by atoms with Crippen LogP contribution in [0.5, 0.6) is 11.5 Å². The fourth-order valence-electron chi connectivity index (χ4n) is 1.68. The van der Waals surface area contributed by atoms with Gasteiger partial charge in [0.25, 0.3) is 0 Å². The van der Waals surface area contributed by atoms with Gasteiger partial charge in [0.15, 0.2) is 0 Å². The van der Waals surface area contributed by atoms with Crippen LogP contribution in [-0.4, -0.2) is 13.2 Å². The van der Waals surface area contributed by atoms with Crippen molar-refractivity contribution in [3.05, 3.63) is 24.3 Å². The van der Waals surface area contributed by atoms with Gasteiger partial charge in [-0.3, -0.25) is 0 Å². The van der Waals surface area contributed by atoms with Crippen molar-refractivity contribution < 1.29 is 9.47 Å². The first-order valence-corrected chi connectivity index (χ1v) is 7.13. The van der Waals surface area contributed by atoms with E-state index in [1.807, 2.05) is 18.2 Å². The van der Waals surface area contributed by atoms with E-state index < -0.39 is 0 Å². The van der Waals surface area contributed by atoms with Gasteiger partial charge in [0.2, 0.25) is 0 Å². The summed E-state index contributed by atoms with van der Waals surface area (Å²) in [5.74, 6) is 1.72. The van der Waals surface area contributed by atoms with Crippen molar-refractivity contribution in [1.82, 2.24) is 0 Å². The molecule has 1 radical (unpaired) electrons. The van der Waals surface area contributed by atoms with Gasteiger partial charge in [-0.25, -0.2) is 0 Å². The molecule has 1 aromatic rings. The van der Waals surface area contributed by atoms with E-state index >= 15 is 0 Å². The molecule has 101 valence electrons. The van der Waals surface area contributed by atoms with E-state index in [1.165, 1.54) is 25.7 Å². The molecule has 0 atom stereocenters. The van der Waals surface area contributed by atoms with E-state index in [-0.39, 0.29) is 0 Å². The maximum Gasteiger partial charge on any atom is 0.123 e. The maximum absolute atomic E-state index is 5.66. The lowest BCUT2D eigenvalue weighted by Crippen LogP contribution is -1.99. The average molecular weight is 249 g/mol. The van der Waals surface area contributed by atoms with Crippen molar-refractivity contribution in [2.45, 2.75) is 52.4 Å². The van der Waals surface area contributed by atoms with Gasteiger partial charge in [-0.05, 0) is 31.0 Å². The second kappa shape index (κ2) is 9.81. The smallest absolute Gasteiger partial charge is 0.123 e. The van der Waals surface area contributed by atoms with Crippen LogP contribution >= 0.6 is 0 Å². The van der Waals surface area contributed by atoms with Crippen LogP contribution in [0.3, 0.4) is 0 Å². The summed E-state index contributed by atoms with van der Waals surface area (Å²) in [5, 5.41) is 0. The van der Waals surface area contributed by atoms with Crippen molar-refractivity contribution in [3.63, 3.8) is 0 Å². The minimum Gasteiger partial charge on any atom is -0.493 e. The van der Waals surface area contributed by atoms with Crippen LogP contribution in [0.2, 0.25) is 0 Å². The third-order valence-corrected chi connectivity index (χ3v) is 2.77. The highest BCUT2D eigenvalue weighted by Gasteiger charge is 1.98. The lowest BCUT2D eigenvalue weighted by molar-refractivity contribution is 0.291. The Bertz CT molecular complexity index is 282. The predicted molar refractivity (Wildman–Crippen MR) is 75.3 cm³/mol. The number of hydrogen-bond acceptors (Lipinski definition) is 2. The molecule has 18 heavy (non-hydrogen) atoms. The van der Waals surface area contributed by atoms with E-state index in [9.17, 15) is 0 Å². The second-order valence-corrected chi connectivity index (χ2v) is 4.52. The SMILES string of the molecule is CCCCCOc1c[c]cc(OCCCCC)c1. The quantitative estimate of drug-likeness (QED) is 0.563.